The second-order valence-corrected chi connectivity index (χ2v) is 7.46. The van der Waals surface area contributed by atoms with E-state index in [0.717, 1.165) is 11.2 Å². The third-order valence-corrected chi connectivity index (χ3v) is 4.29. The average Bonchev–Trinajstić information content (AvgIpc) is 2.61. The number of alkyl halides is 6. The highest BCUT2D eigenvalue weighted by Gasteiger charge is 2.43. The van der Waals surface area contributed by atoms with Crippen LogP contribution in [0.1, 0.15) is 11.1 Å². The standard InChI is InChI=1S/C12H12F6N2O2S/c1-20-8-4-6(11(13,14)15)3-7(12(16,17)18)10(8)19-9(20)5-23(2,21)22/h3-4,9,19H,5H2,1-2H3. The number of hydrogen-bond acceptors (Lipinski definition) is 4. The molecule has 0 aliphatic carbocycles. The molecule has 1 aromatic rings. The van der Waals surface area contributed by atoms with Gasteiger partial charge < -0.3 is 10.2 Å². The predicted molar refractivity (Wildman–Crippen MR) is 72.0 cm³/mol. The zero-order chi connectivity index (χ0) is 17.8. The molecule has 1 aliphatic rings. The summed E-state index contributed by atoms with van der Waals surface area (Å²) in [4.78, 5) is 1.06. The molecule has 11 heteroatoms. The first-order chi connectivity index (χ1) is 10.2. The summed E-state index contributed by atoms with van der Waals surface area (Å²) in [5, 5.41) is 2.35. The Bertz CT molecular complexity index is 726. The van der Waals surface area contributed by atoms with Crippen molar-refractivity contribution in [1.29, 1.82) is 0 Å². The predicted octanol–water partition coefficient (Wildman–Crippen LogP) is 2.96. The molecule has 1 N–H and O–H groups in total. The summed E-state index contributed by atoms with van der Waals surface area (Å²) in [5.74, 6) is -0.545. The van der Waals surface area contributed by atoms with Crippen LogP contribution in [0.15, 0.2) is 12.1 Å². The molecule has 23 heavy (non-hydrogen) atoms. The van der Waals surface area contributed by atoms with Gasteiger partial charge in [-0.2, -0.15) is 26.3 Å². The van der Waals surface area contributed by atoms with Crippen molar-refractivity contribution in [3.63, 3.8) is 0 Å². The van der Waals surface area contributed by atoms with E-state index in [-0.39, 0.29) is 11.8 Å². The molecule has 0 aromatic heterocycles. The van der Waals surface area contributed by atoms with Gasteiger partial charge in [0.1, 0.15) is 6.17 Å². The van der Waals surface area contributed by atoms with Gasteiger partial charge in [0, 0.05) is 13.3 Å². The quantitative estimate of drug-likeness (QED) is 0.822. The molecule has 1 aliphatic heterocycles. The first kappa shape index (κ1) is 17.7. The summed E-state index contributed by atoms with van der Waals surface area (Å²) in [6.45, 7) is 0. The van der Waals surface area contributed by atoms with Gasteiger partial charge in [-0.25, -0.2) is 8.42 Å². The lowest BCUT2D eigenvalue weighted by atomic mass is 10.1. The zero-order valence-electron chi connectivity index (χ0n) is 11.9. The maximum absolute atomic E-state index is 13.1. The molecule has 0 saturated heterocycles. The SMILES string of the molecule is CN1c2cc(C(F)(F)F)cc(C(F)(F)F)c2NC1CS(C)(=O)=O. The molecule has 0 saturated carbocycles. The molecule has 0 bridgehead atoms. The van der Waals surface area contributed by atoms with Crippen LogP contribution in [0.3, 0.4) is 0 Å². The monoisotopic (exact) mass is 362 g/mol. The van der Waals surface area contributed by atoms with Gasteiger partial charge in [0.15, 0.2) is 9.84 Å². The van der Waals surface area contributed by atoms with Crippen molar-refractivity contribution < 1.29 is 34.8 Å². The number of anilines is 2. The van der Waals surface area contributed by atoms with Gasteiger partial charge in [-0.05, 0) is 12.1 Å². The largest absolute Gasteiger partial charge is 0.418 e. The molecular formula is C12H12F6N2O2S. The summed E-state index contributed by atoms with van der Waals surface area (Å²) < 4.78 is 100. The number of sulfone groups is 1. The highest BCUT2D eigenvalue weighted by atomic mass is 32.2. The molecule has 0 spiro atoms. The third-order valence-electron chi connectivity index (χ3n) is 3.37. The number of rotatable bonds is 2. The summed E-state index contributed by atoms with van der Waals surface area (Å²) in [6, 6.07) is 0.586. The second kappa shape index (κ2) is 5.18. The van der Waals surface area contributed by atoms with E-state index >= 15 is 0 Å². The summed E-state index contributed by atoms with van der Waals surface area (Å²) in [6.07, 6.45) is -10.2. The van der Waals surface area contributed by atoms with Crippen molar-refractivity contribution in [2.24, 2.45) is 0 Å². The molecule has 0 radical (unpaired) electrons. The summed E-state index contributed by atoms with van der Waals surface area (Å²) in [7, 11) is -2.32. The minimum Gasteiger partial charge on any atom is -0.362 e. The third kappa shape index (κ3) is 3.65. The van der Waals surface area contributed by atoms with Gasteiger partial charge in [-0.3, -0.25) is 0 Å². The van der Waals surface area contributed by atoms with Crippen LogP contribution in [0.2, 0.25) is 0 Å². The molecule has 1 aromatic carbocycles. The fourth-order valence-electron chi connectivity index (χ4n) is 2.32. The van der Waals surface area contributed by atoms with Crippen LogP contribution in [0, 0.1) is 0 Å². The smallest absolute Gasteiger partial charge is 0.362 e. The van der Waals surface area contributed by atoms with Gasteiger partial charge in [-0.1, -0.05) is 0 Å². The molecule has 4 nitrogen and oxygen atoms in total. The van der Waals surface area contributed by atoms with Crippen LogP contribution in [0.5, 0.6) is 0 Å². The highest BCUT2D eigenvalue weighted by Crippen LogP contribution is 2.47. The van der Waals surface area contributed by atoms with Gasteiger partial charge >= 0.3 is 12.4 Å². The molecule has 0 amide bonds. The first-order valence-electron chi connectivity index (χ1n) is 6.19. The summed E-state index contributed by atoms with van der Waals surface area (Å²) in [5.41, 5.74) is -3.83. The maximum atomic E-state index is 13.1. The lowest BCUT2D eigenvalue weighted by molar-refractivity contribution is -0.142. The van der Waals surface area contributed by atoms with Crippen molar-refractivity contribution in [3.05, 3.63) is 23.3 Å². The van der Waals surface area contributed by atoms with Crippen LogP contribution >= 0.6 is 0 Å². The Hall–Kier alpha value is -1.65. The van der Waals surface area contributed by atoms with E-state index in [9.17, 15) is 34.8 Å². The number of halogens is 6. The van der Waals surface area contributed by atoms with Crippen LogP contribution in [-0.2, 0) is 22.2 Å². The van der Waals surface area contributed by atoms with Crippen LogP contribution in [0.25, 0.3) is 0 Å². The van der Waals surface area contributed by atoms with E-state index in [4.69, 9.17) is 0 Å². The fraction of sp³-hybridized carbons (Fsp3) is 0.500. The van der Waals surface area contributed by atoms with E-state index in [2.05, 4.69) is 5.32 Å². The lowest BCUT2D eigenvalue weighted by Gasteiger charge is -2.21. The van der Waals surface area contributed by atoms with E-state index in [1.54, 1.807) is 0 Å². The minimum atomic E-state index is -5.01. The number of nitrogens with one attached hydrogen (secondary N) is 1. The van der Waals surface area contributed by atoms with Crippen LogP contribution in [-0.4, -0.2) is 33.6 Å². The molecular weight excluding hydrogens is 350 g/mol. The van der Waals surface area contributed by atoms with Gasteiger partial charge in [0.25, 0.3) is 0 Å². The lowest BCUT2D eigenvalue weighted by Crippen LogP contribution is -2.38. The highest BCUT2D eigenvalue weighted by molar-refractivity contribution is 7.90. The Morgan fingerprint density at radius 1 is 1.13 bits per heavy atom. The van der Waals surface area contributed by atoms with Crippen molar-refractivity contribution in [3.8, 4) is 0 Å². The first-order valence-corrected chi connectivity index (χ1v) is 8.26. The van der Waals surface area contributed by atoms with E-state index in [1.165, 1.54) is 7.05 Å². The van der Waals surface area contributed by atoms with Gasteiger partial charge in [0.05, 0.1) is 28.3 Å². The molecule has 1 atom stereocenters. The zero-order valence-corrected chi connectivity index (χ0v) is 12.7. The Morgan fingerprint density at radius 2 is 1.70 bits per heavy atom. The van der Waals surface area contributed by atoms with E-state index in [1.807, 2.05) is 0 Å². The molecule has 130 valence electrons. The maximum Gasteiger partial charge on any atom is 0.418 e. The second-order valence-electron chi connectivity index (χ2n) is 5.28. The van der Waals surface area contributed by atoms with Crippen molar-refractivity contribution in [2.45, 2.75) is 18.5 Å². The van der Waals surface area contributed by atoms with Crippen LogP contribution < -0.4 is 10.2 Å². The number of hydrogen-bond donors (Lipinski definition) is 1. The van der Waals surface area contributed by atoms with E-state index in [0.29, 0.717) is 6.07 Å². The van der Waals surface area contributed by atoms with Gasteiger partial charge in [-0.15, -0.1) is 0 Å². The number of fused-ring (bicyclic) bond motifs is 1. The van der Waals surface area contributed by atoms with Crippen LogP contribution in [0.4, 0.5) is 37.7 Å². The summed E-state index contributed by atoms with van der Waals surface area (Å²) >= 11 is 0. The Morgan fingerprint density at radius 3 is 2.13 bits per heavy atom. The number of nitrogens with zero attached hydrogens (tertiary/aromatic N) is 1. The number of benzene rings is 1. The van der Waals surface area contributed by atoms with Crippen molar-refractivity contribution in [1.82, 2.24) is 0 Å². The van der Waals surface area contributed by atoms with Crippen molar-refractivity contribution >= 4 is 21.2 Å². The van der Waals surface area contributed by atoms with Gasteiger partial charge in [0.2, 0.25) is 0 Å². The molecule has 1 heterocycles. The Kier molecular flexibility index (Phi) is 3.99. The average molecular weight is 362 g/mol. The topological polar surface area (TPSA) is 49.4 Å². The minimum absolute atomic E-state index is 0.0164. The Labute approximate surface area is 128 Å². The normalized spacial score (nSPS) is 18.8. The van der Waals surface area contributed by atoms with E-state index < -0.39 is 50.9 Å². The fourth-order valence-corrected chi connectivity index (χ4v) is 3.20. The Balaban J connectivity index is 2.59. The molecule has 1 unspecified atom stereocenters. The molecule has 2 rings (SSSR count). The van der Waals surface area contributed by atoms with Crippen molar-refractivity contribution in [2.75, 3.05) is 29.3 Å². The molecule has 0 fully saturated rings.